The number of carbonyl (C=O) groups is 2. The Hall–Kier alpha value is -3.30. The molecule has 1 aliphatic heterocycles. The normalized spacial score (nSPS) is 21.7. The molecule has 174 valence electrons. The largest absolute Gasteiger partial charge is 0.351 e. The Kier molecular flexibility index (Phi) is 6.55. The quantitative estimate of drug-likeness (QED) is 0.457. The van der Waals surface area contributed by atoms with Gasteiger partial charge in [0.05, 0.1) is 16.1 Å². The molecule has 9 heteroatoms. The van der Waals surface area contributed by atoms with Gasteiger partial charge in [-0.1, -0.05) is 18.2 Å². The van der Waals surface area contributed by atoms with E-state index in [0.717, 1.165) is 55.2 Å². The zero-order chi connectivity index (χ0) is 23.5. The lowest BCUT2D eigenvalue weighted by Gasteiger charge is -2.30. The van der Waals surface area contributed by atoms with Crippen LogP contribution in [0, 0.1) is 6.92 Å². The van der Waals surface area contributed by atoms with Crippen molar-refractivity contribution in [1.29, 1.82) is 0 Å². The van der Waals surface area contributed by atoms with Gasteiger partial charge in [-0.25, -0.2) is 9.97 Å². The van der Waals surface area contributed by atoms with Crippen LogP contribution in [0.5, 0.6) is 0 Å². The molecule has 5 rings (SSSR count). The second-order valence-electron chi connectivity index (χ2n) is 8.67. The van der Waals surface area contributed by atoms with Crippen LogP contribution in [-0.4, -0.2) is 38.2 Å². The molecule has 0 spiro atoms. The number of amides is 2. The highest BCUT2D eigenvalue weighted by molar-refractivity contribution is 8.18. The van der Waals surface area contributed by atoms with Gasteiger partial charge in [0, 0.05) is 35.9 Å². The van der Waals surface area contributed by atoms with Gasteiger partial charge in [0.15, 0.2) is 0 Å². The summed E-state index contributed by atoms with van der Waals surface area (Å²) in [5.41, 5.74) is 3.97. The van der Waals surface area contributed by atoms with E-state index in [1.54, 1.807) is 18.3 Å². The fourth-order valence-corrected chi connectivity index (χ4v) is 5.16. The Balaban J connectivity index is 1.15. The van der Waals surface area contributed by atoms with Crippen molar-refractivity contribution >= 4 is 45.8 Å². The lowest BCUT2D eigenvalue weighted by molar-refractivity contribution is -0.115. The van der Waals surface area contributed by atoms with E-state index in [1.165, 1.54) is 10.9 Å². The lowest BCUT2D eigenvalue weighted by Crippen LogP contribution is -2.37. The number of fused-ring (bicyclic) bond motifs is 1. The molecular formula is C25H26N6O2S. The number of aryl methyl sites for hydroxylation is 1. The van der Waals surface area contributed by atoms with Crippen molar-refractivity contribution in [3.8, 4) is 0 Å². The Morgan fingerprint density at radius 1 is 1.09 bits per heavy atom. The standard InChI is InChI=1S/C25H26N6O2S/c1-15-12-16(20-4-2-3-5-21(20)28-15)14-27-17-6-8-18(9-7-17)29-24-26-11-10-19(30-24)13-22-23(32)31-25(33)34-22/h2-5,10-13,17-18,27H,6-9,14H2,1H3,(H,26,29,30)(H,31,32,33)/b22-13-. The smallest absolute Gasteiger partial charge is 0.290 e. The minimum Gasteiger partial charge on any atom is -0.351 e. The number of nitrogens with zero attached hydrogens (tertiary/aromatic N) is 3. The van der Waals surface area contributed by atoms with Crippen molar-refractivity contribution in [2.75, 3.05) is 5.32 Å². The van der Waals surface area contributed by atoms with Crippen LogP contribution in [-0.2, 0) is 11.3 Å². The van der Waals surface area contributed by atoms with E-state index in [0.29, 0.717) is 28.6 Å². The van der Waals surface area contributed by atoms with Gasteiger partial charge in [-0.3, -0.25) is 19.9 Å². The highest BCUT2D eigenvalue weighted by Crippen LogP contribution is 2.26. The highest BCUT2D eigenvalue weighted by atomic mass is 32.2. The van der Waals surface area contributed by atoms with Crippen molar-refractivity contribution < 1.29 is 9.59 Å². The second kappa shape index (κ2) is 9.90. The molecule has 0 radical (unpaired) electrons. The Labute approximate surface area is 202 Å². The molecule has 34 heavy (non-hydrogen) atoms. The zero-order valence-corrected chi connectivity index (χ0v) is 19.7. The predicted molar refractivity (Wildman–Crippen MR) is 134 cm³/mol. The van der Waals surface area contributed by atoms with Crippen LogP contribution in [0.3, 0.4) is 0 Å². The molecule has 0 unspecified atom stereocenters. The monoisotopic (exact) mass is 474 g/mol. The summed E-state index contributed by atoms with van der Waals surface area (Å²) in [7, 11) is 0. The number of hydrogen-bond donors (Lipinski definition) is 3. The molecule has 3 N–H and O–H groups in total. The van der Waals surface area contributed by atoms with E-state index in [-0.39, 0.29) is 11.1 Å². The Morgan fingerprint density at radius 2 is 1.88 bits per heavy atom. The van der Waals surface area contributed by atoms with Gasteiger partial charge in [-0.15, -0.1) is 0 Å². The number of imide groups is 1. The summed E-state index contributed by atoms with van der Waals surface area (Å²) in [6, 6.07) is 13.0. The number of carbonyl (C=O) groups excluding carboxylic acids is 2. The summed E-state index contributed by atoms with van der Waals surface area (Å²) < 4.78 is 0. The first-order valence-electron chi connectivity index (χ1n) is 11.5. The number of nitrogens with one attached hydrogen (secondary N) is 3. The minimum absolute atomic E-state index is 0.302. The third-order valence-electron chi connectivity index (χ3n) is 6.17. The number of hydrogen-bond acceptors (Lipinski definition) is 8. The first-order chi connectivity index (χ1) is 16.5. The molecule has 3 aromatic rings. The summed E-state index contributed by atoms with van der Waals surface area (Å²) in [6.07, 6.45) is 7.47. The van der Waals surface area contributed by atoms with Crippen molar-refractivity contribution in [3.05, 3.63) is 64.5 Å². The maximum absolute atomic E-state index is 11.8. The van der Waals surface area contributed by atoms with E-state index in [9.17, 15) is 9.59 Å². The van der Waals surface area contributed by atoms with Crippen LogP contribution in [0.1, 0.15) is 42.6 Å². The molecule has 2 aliphatic rings. The van der Waals surface area contributed by atoms with Crippen molar-refractivity contribution in [2.45, 2.75) is 51.2 Å². The van der Waals surface area contributed by atoms with Crippen LogP contribution < -0.4 is 16.0 Å². The number of anilines is 1. The summed E-state index contributed by atoms with van der Waals surface area (Å²) in [5, 5.41) is 10.3. The molecule has 8 nitrogen and oxygen atoms in total. The van der Waals surface area contributed by atoms with E-state index in [1.807, 2.05) is 13.0 Å². The fraction of sp³-hybridized carbons (Fsp3) is 0.320. The first kappa shape index (κ1) is 22.5. The van der Waals surface area contributed by atoms with Crippen molar-refractivity contribution in [2.24, 2.45) is 0 Å². The molecule has 3 heterocycles. The van der Waals surface area contributed by atoms with Crippen LogP contribution in [0.25, 0.3) is 17.0 Å². The van der Waals surface area contributed by atoms with Crippen LogP contribution in [0.4, 0.5) is 10.7 Å². The van der Waals surface area contributed by atoms with Crippen molar-refractivity contribution in [1.82, 2.24) is 25.6 Å². The zero-order valence-electron chi connectivity index (χ0n) is 18.9. The summed E-state index contributed by atoms with van der Waals surface area (Å²) >= 11 is 0.885. The first-order valence-corrected chi connectivity index (χ1v) is 12.3. The SMILES string of the molecule is Cc1cc(CNC2CCC(Nc3nccc(/C=C4\SC(=O)NC4=O)n3)CC2)c2ccccc2n1. The molecule has 1 aliphatic carbocycles. The van der Waals surface area contributed by atoms with Crippen LogP contribution in [0.2, 0.25) is 0 Å². The lowest BCUT2D eigenvalue weighted by atomic mass is 9.91. The summed E-state index contributed by atoms with van der Waals surface area (Å²) in [4.78, 5) is 36.9. The number of pyridine rings is 1. The van der Waals surface area contributed by atoms with Crippen molar-refractivity contribution in [3.63, 3.8) is 0 Å². The number of benzene rings is 1. The maximum Gasteiger partial charge on any atom is 0.290 e. The van der Waals surface area contributed by atoms with Gasteiger partial charge in [0.1, 0.15) is 0 Å². The molecule has 1 aromatic carbocycles. The fourth-order valence-electron chi connectivity index (χ4n) is 4.50. The molecule has 0 bridgehead atoms. The van der Waals surface area contributed by atoms with Gasteiger partial charge >= 0.3 is 0 Å². The van der Waals surface area contributed by atoms with Crippen LogP contribution >= 0.6 is 11.8 Å². The number of para-hydroxylation sites is 1. The average Bonchev–Trinajstić information content (AvgIpc) is 3.14. The molecule has 1 saturated carbocycles. The topological polar surface area (TPSA) is 109 Å². The molecule has 2 amide bonds. The molecule has 2 fully saturated rings. The highest BCUT2D eigenvalue weighted by Gasteiger charge is 2.25. The summed E-state index contributed by atoms with van der Waals surface area (Å²) in [6.45, 7) is 2.88. The minimum atomic E-state index is -0.385. The van der Waals surface area contributed by atoms with Gasteiger partial charge in [-0.05, 0) is 74.2 Å². The Bertz CT molecular complexity index is 1270. The summed E-state index contributed by atoms with van der Waals surface area (Å²) in [5.74, 6) is 0.156. The maximum atomic E-state index is 11.8. The van der Waals surface area contributed by atoms with Gasteiger partial charge in [-0.2, -0.15) is 0 Å². The van der Waals surface area contributed by atoms with Gasteiger partial charge in [0.25, 0.3) is 11.1 Å². The molecular weight excluding hydrogens is 448 g/mol. The average molecular weight is 475 g/mol. The third-order valence-corrected chi connectivity index (χ3v) is 6.98. The van der Waals surface area contributed by atoms with E-state index in [4.69, 9.17) is 0 Å². The predicted octanol–water partition coefficient (Wildman–Crippen LogP) is 4.17. The van der Waals surface area contributed by atoms with Crippen LogP contribution in [0.15, 0.2) is 47.5 Å². The number of aromatic nitrogens is 3. The molecule has 1 saturated heterocycles. The third kappa shape index (κ3) is 5.26. The number of rotatable bonds is 6. The number of thioether (sulfide) groups is 1. The molecule has 2 aromatic heterocycles. The second-order valence-corrected chi connectivity index (χ2v) is 9.69. The van der Waals surface area contributed by atoms with E-state index < -0.39 is 0 Å². The molecule has 0 atom stereocenters. The van der Waals surface area contributed by atoms with E-state index in [2.05, 4.69) is 55.2 Å². The van der Waals surface area contributed by atoms with E-state index >= 15 is 0 Å². The Morgan fingerprint density at radius 3 is 2.68 bits per heavy atom. The van der Waals surface area contributed by atoms with Gasteiger partial charge < -0.3 is 10.6 Å². The van der Waals surface area contributed by atoms with Gasteiger partial charge in [0.2, 0.25) is 5.95 Å².